The van der Waals surface area contributed by atoms with Gasteiger partial charge in [0, 0.05) is 6.54 Å². The lowest BCUT2D eigenvalue weighted by Crippen LogP contribution is -2.19. The minimum Gasteiger partial charge on any atom is -0.464 e. The number of nitrogens with two attached hydrogens (primary N) is 1. The van der Waals surface area contributed by atoms with Gasteiger partial charge in [-0.05, 0) is 13.3 Å². The van der Waals surface area contributed by atoms with E-state index >= 15 is 0 Å². The number of sulfonamides is 1. The van der Waals surface area contributed by atoms with Gasteiger partial charge in [0.1, 0.15) is 0 Å². The zero-order chi connectivity index (χ0) is 11.5. The molecule has 0 saturated heterocycles. The molecule has 0 spiro atoms. The molecule has 1 aromatic rings. The zero-order valence-electron chi connectivity index (χ0n) is 8.67. The van der Waals surface area contributed by atoms with Crippen LogP contribution < -0.4 is 9.88 Å². The number of hydrogen-bond acceptors (Lipinski definition) is 5. The van der Waals surface area contributed by atoms with Gasteiger partial charge in [-0.3, -0.25) is 4.57 Å². The largest absolute Gasteiger partial charge is 0.464 e. The maximum absolute atomic E-state index is 11.1. The van der Waals surface area contributed by atoms with Crippen molar-refractivity contribution in [1.82, 2.24) is 14.8 Å². The third-order valence-corrected chi connectivity index (χ3v) is 2.47. The van der Waals surface area contributed by atoms with E-state index in [1.165, 1.54) is 4.57 Å². The Bertz CT molecular complexity index is 425. The standard InChI is InChI=1S/C7H14N4O3S/c1-3-5-11-6(14-4-2)9-10-7(11)15(8,12)13/h3-5H2,1-2H3,(H2,8,12,13). The van der Waals surface area contributed by atoms with Crippen LogP contribution >= 0.6 is 0 Å². The normalized spacial score (nSPS) is 11.7. The number of ether oxygens (including phenoxy) is 1. The summed E-state index contributed by atoms with van der Waals surface area (Å²) < 4.78 is 28.8. The van der Waals surface area contributed by atoms with Gasteiger partial charge in [0.15, 0.2) is 0 Å². The second-order valence-corrected chi connectivity index (χ2v) is 4.35. The molecule has 1 aromatic heterocycles. The fraction of sp³-hybridized carbons (Fsp3) is 0.714. The topological polar surface area (TPSA) is 100 Å². The van der Waals surface area contributed by atoms with E-state index in [-0.39, 0.29) is 11.2 Å². The minimum absolute atomic E-state index is 0.184. The molecule has 0 aliphatic rings. The second kappa shape index (κ2) is 4.58. The molecule has 2 N–H and O–H groups in total. The highest BCUT2D eigenvalue weighted by Crippen LogP contribution is 2.14. The van der Waals surface area contributed by atoms with Crippen molar-refractivity contribution in [2.45, 2.75) is 32.0 Å². The quantitative estimate of drug-likeness (QED) is 0.756. The SMILES string of the molecule is CCCn1c(OCC)nnc1S(N)(=O)=O. The molecule has 1 heterocycles. The summed E-state index contributed by atoms with van der Waals surface area (Å²) in [5, 5.41) is 11.9. The van der Waals surface area contributed by atoms with E-state index in [4.69, 9.17) is 9.88 Å². The average Bonchev–Trinajstić information content (AvgIpc) is 2.49. The predicted molar refractivity (Wildman–Crippen MR) is 52.9 cm³/mol. The third-order valence-electron chi connectivity index (χ3n) is 1.66. The van der Waals surface area contributed by atoms with E-state index in [1.807, 2.05) is 6.92 Å². The summed E-state index contributed by atoms with van der Waals surface area (Å²) in [6.07, 6.45) is 0.737. The molecule has 0 fully saturated rings. The van der Waals surface area contributed by atoms with Crippen molar-refractivity contribution < 1.29 is 13.2 Å². The van der Waals surface area contributed by atoms with Crippen molar-refractivity contribution in [3.8, 4) is 6.01 Å². The molecule has 0 aromatic carbocycles. The molecule has 0 atom stereocenters. The van der Waals surface area contributed by atoms with Gasteiger partial charge in [-0.2, -0.15) is 0 Å². The van der Waals surface area contributed by atoms with E-state index in [1.54, 1.807) is 6.92 Å². The Balaban J connectivity index is 3.17. The molecule has 0 aliphatic heterocycles. The maximum atomic E-state index is 11.1. The van der Waals surface area contributed by atoms with Crippen molar-refractivity contribution in [1.29, 1.82) is 0 Å². The monoisotopic (exact) mass is 234 g/mol. The van der Waals surface area contributed by atoms with Gasteiger partial charge >= 0.3 is 6.01 Å². The molecular weight excluding hydrogens is 220 g/mol. The van der Waals surface area contributed by atoms with Gasteiger partial charge in [0.05, 0.1) is 6.61 Å². The van der Waals surface area contributed by atoms with Gasteiger partial charge < -0.3 is 4.74 Å². The molecule has 1 rings (SSSR count). The molecule has 0 radical (unpaired) electrons. The Hall–Kier alpha value is -1.15. The minimum atomic E-state index is -3.84. The Kier molecular flexibility index (Phi) is 3.64. The highest BCUT2D eigenvalue weighted by atomic mass is 32.2. The van der Waals surface area contributed by atoms with E-state index in [9.17, 15) is 8.42 Å². The zero-order valence-corrected chi connectivity index (χ0v) is 9.49. The number of aromatic nitrogens is 3. The van der Waals surface area contributed by atoms with Gasteiger partial charge in [0.2, 0.25) is 0 Å². The van der Waals surface area contributed by atoms with Crippen LogP contribution in [0.5, 0.6) is 6.01 Å². The summed E-state index contributed by atoms with van der Waals surface area (Å²) >= 11 is 0. The first-order valence-corrected chi connectivity index (χ1v) is 6.14. The summed E-state index contributed by atoms with van der Waals surface area (Å²) in [5.74, 6) is 0. The van der Waals surface area contributed by atoms with Crippen molar-refractivity contribution in [3.05, 3.63) is 0 Å². The summed E-state index contributed by atoms with van der Waals surface area (Å²) in [6, 6.07) is 0.184. The van der Waals surface area contributed by atoms with E-state index in [0.29, 0.717) is 13.2 Å². The highest BCUT2D eigenvalue weighted by Gasteiger charge is 2.21. The Labute approximate surface area is 88.3 Å². The van der Waals surface area contributed by atoms with Crippen LogP contribution in [-0.2, 0) is 16.6 Å². The lowest BCUT2D eigenvalue weighted by Gasteiger charge is -2.06. The Morgan fingerprint density at radius 1 is 1.40 bits per heavy atom. The molecule has 8 heteroatoms. The molecule has 0 unspecified atom stereocenters. The van der Waals surface area contributed by atoms with E-state index in [0.717, 1.165) is 6.42 Å². The van der Waals surface area contributed by atoms with Gasteiger partial charge in [-0.1, -0.05) is 12.0 Å². The molecule has 7 nitrogen and oxygen atoms in total. The lowest BCUT2D eigenvalue weighted by molar-refractivity contribution is 0.291. The van der Waals surface area contributed by atoms with Crippen LogP contribution in [0.4, 0.5) is 0 Å². The van der Waals surface area contributed by atoms with Crippen LogP contribution in [0.3, 0.4) is 0 Å². The number of hydrogen-bond donors (Lipinski definition) is 1. The summed E-state index contributed by atoms with van der Waals surface area (Å²) in [4.78, 5) is 0. The van der Waals surface area contributed by atoms with E-state index < -0.39 is 10.0 Å². The van der Waals surface area contributed by atoms with Crippen LogP contribution in [-0.4, -0.2) is 29.8 Å². The number of nitrogens with zero attached hydrogens (tertiary/aromatic N) is 3. The van der Waals surface area contributed by atoms with E-state index in [2.05, 4.69) is 10.2 Å². The smallest absolute Gasteiger partial charge is 0.317 e. The van der Waals surface area contributed by atoms with Crippen LogP contribution in [0.2, 0.25) is 0 Å². The van der Waals surface area contributed by atoms with Crippen molar-refractivity contribution in [2.24, 2.45) is 5.14 Å². The molecule has 0 bridgehead atoms. The Morgan fingerprint density at radius 2 is 2.07 bits per heavy atom. The molecule has 15 heavy (non-hydrogen) atoms. The molecule has 86 valence electrons. The highest BCUT2D eigenvalue weighted by molar-refractivity contribution is 7.89. The summed E-state index contributed by atoms with van der Waals surface area (Å²) in [6.45, 7) is 4.53. The lowest BCUT2D eigenvalue weighted by atomic mass is 10.5. The molecule has 0 amide bonds. The summed E-state index contributed by atoms with van der Waals surface area (Å²) in [5.41, 5.74) is 0. The summed E-state index contributed by atoms with van der Waals surface area (Å²) in [7, 11) is -3.84. The van der Waals surface area contributed by atoms with Crippen molar-refractivity contribution in [3.63, 3.8) is 0 Å². The van der Waals surface area contributed by atoms with Crippen molar-refractivity contribution >= 4 is 10.0 Å². The molecule has 0 saturated carbocycles. The first-order valence-electron chi connectivity index (χ1n) is 4.59. The van der Waals surface area contributed by atoms with Crippen molar-refractivity contribution in [2.75, 3.05) is 6.61 Å². The van der Waals surface area contributed by atoms with Crippen LogP contribution in [0.1, 0.15) is 20.3 Å². The van der Waals surface area contributed by atoms with Gasteiger partial charge in [-0.15, -0.1) is 5.10 Å². The van der Waals surface area contributed by atoms with Crippen LogP contribution in [0.15, 0.2) is 5.16 Å². The number of primary sulfonamides is 1. The Morgan fingerprint density at radius 3 is 2.53 bits per heavy atom. The maximum Gasteiger partial charge on any atom is 0.317 e. The van der Waals surface area contributed by atoms with Gasteiger partial charge in [-0.25, -0.2) is 13.6 Å². The second-order valence-electron chi connectivity index (χ2n) is 2.89. The fourth-order valence-electron chi connectivity index (χ4n) is 1.14. The predicted octanol–water partition coefficient (Wildman–Crippen LogP) is -0.266. The average molecular weight is 234 g/mol. The molecule has 0 aliphatic carbocycles. The van der Waals surface area contributed by atoms with Crippen LogP contribution in [0.25, 0.3) is 0 Å². The first-order chi connectivity index (χ1) is 7.00. The fourth-order valence-corrected chi connectivity index (χ4v) is 1.77. The number of rotatable bonds is 5. The third kappa shape index (κ3) is 2.66. The van der Waals surface area contributed by atoms with Crippen LogP contribution in [0, 0.1) is 0 Å². The first kappa shape index (κ1) is 11.9. The molecular formula is C7H14N4O3S. The van der Waals surface area contributed by atoms with Gasteiger partial charge in [0.25, 0.3) is 15.2 Å².